The highest BCUT2D eigenvalue weighted by molar-refractivity contribution is 7.99. The van der Waals surface area contributed by atoms with Crippen LogP contribution in [0.5, 0.6) is 0 Å². The number of unbranched alkanes of at least 4 members (excludes halogenated alkanes) is 2. The van der Waals surface area contributed by atoms with E-state index in [1.807, 2.05) is 6.92 Å². The molecule has 92 valence electrons. The Balaban J connectivity index is 2.09. The zero-order valence-corrected chi connectivity index (χ0v) is 11.1. The van der Waals surface area contributed by atoms with Gasteiger partial charge in [0.05, 0.1) is 0 Å². The quantitative estimate of drug-likeness (QED) is 0.562. The van der Waals surface area contributed by atoms with Crippen LogP contribution in [-0.4, -0.2) is 28.5 Å². The lowest BCUT2D eigenvalue weighted by Gasteiger charge is -2.09. The second kappa shape index (κ2) is 7.68. The molecule has 0 saturated carbocycles. The van der Waals surface area contributed by atoms with Crippen molar-refractivity contribution < 1.29 is 4.42 Å². The first-order chi connectivity index (χ1) is 7.72. The molecule has 0 aromatic carbocycles. The van der Waals surface area contributed by atoms with Gasteiger partial charge in [-0.15, -0.1) is 10.2 Å². The fraction of sp³-hybridized carbons (Fsp3) is 0.818. The van der Waals surface area contributed by atoms with Gasteiger partial charge in [-0.3, -0.25) is 0 Å². The molecule has 1 atom stereocenters. The van der Waals surface area contributed by atoms with Gasteiger partial charge in [0.25, 0.3) is 5.22 Å². The highest BCUT2D eigenvalue weighted by Gasteiger charge is 2.09. The van der Waals surface area contributed by atoms with Crippen molar-refractivity contribution in [2.75, 3.05) is 13.1 Å². The summed E-state index contributed by atoms with van der Waals surface area (Å²) < 4.78 is 5.31. The topological polar surface area (TPSA) is 51.0 Å². The van der Waals surface area contributed by atoms with Crippen molar-refractivity contribution in [3.05, 3.63) is 5.89 Å². The smallest absolute Gasteiger partial charge is 0.276 e. The van der Waals surface area contributed by atoms with Crippen LogP contribution in [0.15, 0.2) is 9.64 Å². The van der Waals surface area contributed by atoms with Crippen LogP contribution in [0.1, 0.15) is 39.0 Å². The van der Waals surface area contributed by atoms with Crippen molar-refractivity contribution in [1.29, 1.82) is 0 Å². The summed E-state index contributed by atoms with van der Waals surface area (Å²) >= 11 is 1.63. The molecule has 0 aliphatic rings. The molecule has 0 aliphatic heterocycles. The van der Waals surface area contributed by atoms with Crippen molar-refractivity contribution in [2.24, 2.45) is 0 Å². The SMILES string of the molecule is CCCCCNCC(C)Sc1nnc(C)o1. The Morgan fingerprint density at radius 1 is 1.38 bits per heavy atom. The van der Waals surface area contributed by atoms with E-state index >= 15 is 0 Å². The molecule has 0 fully saturated rings. The van der Waals surface area contributed by atoms with Gasteiger partial charge in [-0.2, -0.15) is 0 Å². The summed E-state index contributed by atoms with van der Waals surface area (Å²) in [6, 6.07) is 0. The van der Waals surface area contributed by atoms with Crippen LogP contribution in [0, 0.1) is 6.92 Å². The molecule has 1 aromatic heterocycles. The maximum atomic E-state index is 5.31. The summed E-state index contributed by atoms with van der Waals surface area (Å²) in [5.41, 5.74) is 0. The summed E-state index contributed by atoms with van der Waals surface area (Å²) in [6.07, 6.45) is 3.83. The van der Waals surface area contributed by atoms with E-state index in [2.05, 4.69) is 29.4 Å². The van der Waals surface area contributed by atoms with Crippen LogP contribution in [0.4, 0.5) is 0 Å². The Morgan fingerprint density at radius 2 is 2.19 bits per heavy atom. The van der Waals surface area contributed by atoms with E-state index in [-0.39, 0.29) is 0 Å². The van der Waals surface area contributed by atoms with Crippen LogP contribution in [0.2, 0.25) is 0 Å². The zero-order valence-electron chi connectivity index (χ0n) is 10.3. The second-order valence-electron chi connectivity index (χ2n) is 3.93. The molecular weight excluding hydrogens is 222 g/mol. The standard InChI is InChI=1S/C11H21N3OS/c1-4-5-6-7-12-8-9(2)16-11-14-13-10(3)15-11/h9,12H,4-8H2,1-3H3. The molecule has 1 unspecified atom stereocenters. The Kier molecular flexibility index (Phi) is 6.49. The van der Waals surface area contributed by atoms with Crippen molar-refractivity contribution >= 4 is 11.8 Å². The minimum atomic E-state index is 0.460. The third-order valence-electron chi connectivity index (χ3n) is 2.20. The highest BCUT2D eigenvalue weighted by Crippen LogP contribution is 2.20. The molecule has 1 N–H and O–H groups in total. The van der Waals surface area contributed by atoms with Gasteiger partial charge in [0.15, 0.2) is 0 Å². The fourth-order valence-electron chi connectivity index (χ4n) is 1.35. The molecule has 0 saturated heterocycles. The lowest BCUT2D eigenvalue weighted by Crippen LogP contribution is -2.23. The van der Waals surface area contributed by atoms with E-state index in [1.54, 1.807) is 11.8 Å². The van der Waals surface area contributed by atoms with Gasteiger partial charge < -0.3 is 9.73 Å². The van der Waals surface area contributed by atoms with Gasteiger partial charge in [0.2, 0.25) is 5.89 Å². The van der Waals surface area contributed by atoms with Crippen molar-refractivity contribution in [1.82, 2.24) is 15.5 Å². The van der Waals surface area contributed by atoms with Gasteiger partial charge in [0, 0.05) is 18.7 Å². The Hall–Kier alpha value is -0.550. The molecule has 0 aliphatic carbocycles. The number of aromatic nitrogens is 2. The molecular formula is C11H21N3OS. The number of hydrogen-bond acceptors (Lipinski definition) is 5. The summed E-state index contributed by atoms with van der Waals surface area (Å²) in [7, 11) is 0. The minimum absolute atomic E-state index is 0.460. The predicted octanol–water partition coefficient (Wildman–Crippen LogP) is 2.64. The van der Waals surface area contributed by atoms with Crippen molar-refractivity contribution in [3.63, 3.8) is 0 Å². The maximum absolute atomic E-state index is 5.31. The lowest BCUT2D eigenvalue weighted by molar-refractivity contribution is 0.428. The van der Waals surface area contributed by atoms with E-state index in [0.717, 1.165) is 13.1 Å². The third-order valence-corrected chi connectivity index (χ3v) is 3.13. The number of aryl methyl sites for hydroxylation is 1. The van der Waals surface area contributed by atoms with E-state index in [1.165, 1.54) is 19.3 Å². The van der Waals surface area contributed by atoms with Crippen LogP contribution < -0.4 is 5.32 Å². The molecule has 4 nitrogen and oxygen atoms in total. The van der Waals surface area contributed by atoms with Crippen LogP contribution in [-0.2, 0) is 0 Å². The van der Waals surface area contributed by atoms with Gasteiger partial charge in [-0.25, -0.2) is 0 Å². The number of rotatable bonds is 8. The van der Waals surface area contributed by atoms with Crippen LogP contribution >= 0.6 is 11.8 Å². The molecule has 0 spiro atoms. The summed E-state index contributed by atoms with van der Waals surface area (Å²) in [4.78, 5) is 0. The van der Waals surface area contributed by atoms with Gasteiger partial charge in [-0.1, -0.05) is 38.5 Å². The second-order valence-corrected chi connectivity index (χ2v) is 5.32. The molecule has 0 amide bonds. The average molecular weight is 243 g/mol. The van der Waals surface area contributed by atoms with Crippen LogP contribution in [0.25, 0.3) is 0 Å². The first-order valence-corrected chi connectivity index (χ1v) is 6.77. The summed E-state index contributed by atoms with van der Waals surface area (Å²) in [6.45, 7) is 8.27. The Bertz CT molecular complexity index is 291. The van der Waals surface area contributed by atoms with E-state index in [4.69, 9.17) is 4.42 Å². The molecule has 0 radical (unpaired) electrons. The van der Waals surface area contributed by atoms with E-state index < -0.39 is 0 Å². The predicted molar refractivity (Wildman–Crippen MR) is 66.7 cm³/mol. The Labute approximate surface area is 102 Å². The van der Waals surface area contributed by atoms with Crippen molar-refractivity contribution in [2.45, 2.75) is 50.5 Å². The number of hydrogen-bond donors (Lipinski definition) is 1. The van der Waals surface area contributed by atoms with Gasteiger partial charge in [-0.05, 0) is 13.0 Å². The van der Waals surface area contributed by atoms with E-state index in [0.29, 0.717) is 16.4 Å². The number of nitrogens with one attached hydrogen (secondary N) is 1. The third kappa shape index (κ3) is 5.51. The largest absolute Gasteiger partial charge is 0.416 e. The monoisotopic (exact) mass is 243 g/mol. The normalized spacial score (nSPS) is 12.9. The summed E-state index contributed by atoms with van der Waals surface area (Å²) in [5.74, 6) is 0.630. The average Bonchev–Trinajstić information content (AvgIpc) is 2.63. The summed E-state index contributed by atoms with van der Waals surface area (Å²) in [5, 5.41) is 12.3. The molecule has 0 bridgehead atoms. The fourth-order valence-corrected chi connectivity index (χ4v) is 2.15. The number of thioether (sulfide) groups is 1. The first kappa shape index (κ1) is 13.5. The first-order valence-electron chi connectivity index (χ1n) is 5.90. The molecule has 1 heterocycles. The zero-order chi connectivity index (χ0) is 11.8. The lowest BCUT2D eigenvalue weighted by atomic mass is 10.2. The van der Waals surface area contributed by atoms with Gasteiger partial charge >= 0.3 is 0 Å². The van der Waals surface area contributed by atoms with Crippen molar-refractivity contribution in [3.8, 4) is 0 Å². The van der Waals surface area contributed by atoms with Crippen LogP contribution in [0.3, 0.4) is 0 Å². The minimum Gasteiger partial charge on any atom is -0.416 e. The molecule has 1 rings (SSSR count). The van der Waals surface area contributed by atoms with Gasteiger partial charge in [0.1, 0.15) is 0 Å². The Morgan fingerprint density at radius 3 is 2.81 bits per heavy atom. The maximum Gasteiger partial charge on any atom is 0.276 e. The number of nitrogens with zero attached hydrogens (tertiary/aromatic N) is 2. The molecule has 1 aromatic rings. The highest BCUT2D eigenvalue weighted by atomic mass is 32.2. The van der Waals surface area contributed by atoms with E-state index in [9.17, 15) is 0 Å². The molecule has 5 heteroatoms. The molecule has 16 heavy (non-hydrogen) atoms.